The van der Waals surface area contributed by atoms with Crippen LogP contribution < -0.4 is 15.6 Å². The molecule has 5 rings (SSSR count). The molecular formula is C30H30F3N7. The lowest BCUT2D eigenvalue weighted by Crippen LogP contribution is -2.35. The smallest absolute Gasteiger partial charge is 0.341 e. The highest BCUT2D eigenvalue weighted by Crippen LogP contribution is 2.31. The van der Waals surface area contributed by atoms with Crippen molar-refractivity contribution in [3.63, 3.8) is 0 Å². The number of anilines is 4. The van der Waals surface area contributed by atoms with E-state index in [1.54, 1.807) is 0 Å². The zero-order chi connectivity index (χ0) is 28.0. The van der Waals surface area contributed by atoms with Crippen molar-refractivity contribution in [2.45, 2.75) is 32.4 Å². The van der Waals surface area contributed by atoms with Crippen molar-refractivity contribution in [3.8, 4) is 0 Å². The van der Waals surface area contributed by atoms with Crippen LogP contribution in [0.15, 0.2) is 84.0 Å². The average molecular weight is 546 g/mol. The Bertz CT molecular complexity index is 1430. The van der Waals surface area contributed by atoms with Gasteiger partial charge < -0.3 is 10.2 Å². The number of alkyl halides is 3. The molecular weight excluding hydrogens is 515 g/mol. The molecule has 1 aliphatic heterocycles. The number of benzene rings is 3. The van der Waals surface area contributed by atoms with Crippen LogP contribution in [0.3, 0.4) is 0 Å². The van der Waals surface area contributed by atoms with Gasteiger partial charge in [0.05, 0.1) is 11.8 Å². The van der Waals surface area contributed by atoms with Gasteiger partial charge in [0.2, 0.25) is 17.8 Å². The van der Waals surface area contributed by atoms with Gasteiger partial charge in [0.1, 0.15) is 0 Å². The second kappa shape index (κ2) is 12.1. The van der Waals surface area contributed by atoms with E-state index in [9.17, 15) is 13.2 Å². The van der Waals surface area contributed by atoms with E-state index in [-0.39, 0.29) is 11.5 Å². The van der Waals surface area contributed by atoms with Crippen molar-refractivity contribution >= 4 is 29.7 Å². The lowest BCUT2D eigenvalue weighted by molar-refractivity contribution is -0.137. The number of rotatable bonds is 8. The summed E-state index contributed by atoms with van der Waals surface area (Å²) < 4.78 is 40.1. The standard InChI is InChI=1S/C30H30F3N7/c1-21-11-13-25(14-12-21)35-27-36-28(39-34-20-24-9-5-6-10-26(24)30(31,32)33)38-29(37-27)40-17-15-23(16-18-40)19-22-7-3-2-4-8-22/h2-14,20,23H,15-19H2,1H3,(H2,35,36,37,38,39)/b34-20-. The van der Waals surface area contributed by atoms with E-state index < -0.39 is 11.7 Å². The van der Waals surface area contributed by atoms with E-state index in [1.807, 2.05) is 37.3 Å². The minimum atomic E-state index is -4.49. The molecule has 0 bridgehead atoms. The summed E-state index contributed by atoms with van der Waals surface area (Å²) >= 11 is 0. The van der Waals surface area contributed by atoms with Gasteiger partial charge in [-0.3, -0.25) is 0 Å². The fraction of sp³-hybridized carbons (Fsp3) is 0.267. The average Bonchev–Trinajstić information content (AvgIpc) is 2.95. The molecule has 4 aromatic rings. The summed E-state index contributed by atoms with van der Waals surface area (Å²) in [4.78, 5) is 15.7. The van der Waals surface area contributed by atoms with Crippen LogP contribution in [0.2, 0.25) is 0 Å². The van der Waals surface area contributed by atoms with Crippen molar-refractivity contribution in [3.05, 3.63) is 101 Å². The molecule has 40 heavy (non-hydrogen) atoms. The Morgan fingerprint density at radius 1 is 0.875 bits per heavy atom. The molecule has 3 aromatic carbocycles. The Labute approximate surface area is 231 Å². The van der Waals surface area contributed by atoms with E-state index in [0.717, 1.165) is 55.9 Å². The van der Waals surface area contributed by atoms with E-state index in [2.05, 4.69) is 60.0 Å². The zero-order valence-corrected chi connectivity index (χ0v) is 22.1. The first-order valence-corrected chi connectivity index (χ1v) is 13.2. The van der Waals surface area contributed by atoms with Gasteiger partial charge >= 0.3 is 6.18 Å². The first-order valence-electron chi connectivity index (χ1n) is 13.2. The Morgan fingerprint density at radius 2 is 1.55 bits per heavy atom. The highest BCUT2D eigenvalue weighted by Gasteiger charge is 2.32. The van der Waals surface area contributed by atoms with Crippen molar-refractivity contribution in [1.82, 2.24) is 15.0 Å². The lowest BCUT2D eigenvalue weighted by Gasteiger charge is -2.32. The molecule has 0 atom stereocenters. The molecule has 0 unspecified atom stereocenters. The normalized spacial score (nSPS) is 14.4. The fourth-order valence-corrected chi connectivity index (χ4v) is 4.69. The van der Waals surface area contributed by atoms with Crippen LogP contribution in [0.25, 0.3) is 0 Å². The van der Waals surface area contributed by atoms with Gasteiger partial charge in [0, 0.05) is 24.3 Å². The van der Waals surface area contributed by atoms with E-state index >= 15 is 0 Å². The van der Waals surface area contributed by atoms with Crippen LogP contribution in [0.4, 0.5) is 36.7 Å². The Balaban J connectivity index is 1.34. The molecule has 1 fully saturated rings. The SMILES string of the molecule is Cc1ccc(Nc2nc(N/N=C\c3ccccc3C(F)(F)F)nc(N3CCC(Cc4ccccc4)CC3)n2)cc1. The maximum Gasteiger partial charge on any atom is 0.417 e. The van der Waals surface area contributed by atoms with Gasteiger partial charge in [-0.1, -0.05) is 66.2 Å². The number of hydrogen-bond donors (Lipinski definition) is 2. The second-order valence-electron chi connectivity index (χ2n) is 9.85. The Hall–Kier alpha value is -4.47. The summed E-state index contributed by atoms with van der Waals surface area (Å²) in [6.07, 6.45) is -0.338. The van der Waals surface area contributed by atoms with E-state index in [0.29, 0.717) is 17.8 Å². The fourth-order valence-electron chi connectivity index (χ4n) is 4.69. The highest BCUT2D eigenvalue weighted by atomic mass is 19.4. The number of aromatic nitrogens is 3. The summed E-state index contributed by atoms with van der Waals surface area (Å²) in [6.45, 7) is 3.57. The third kappa shape index (κ3) is 7.13. The molecule has 10 heteroatoms. The second-order valence-corrected chi connectivity index (χ2v) is 9.85. The topological polar surface area (TPSA) is 78.3 Å². The maximum absolute atomic E-state index is 13.4. The van der Waals surface area contributed by atoms with Gasteiger partial charge in [-0.25, -0.2) is 5.43 Å². The zero-order valence-electron chi connectivity index (χ0n) is 22.1. The van der Waals surface area contributed by atoms with E-state index in [4.69, 9.17) is 0 Å². The first-order chi connectivity index (χ1) is 19.3. The third-order valence-corrected chi connectivity index (χ3v) is 6.83. The quantitative estimate of drug-likeness (QED) is 0.186. The molecule has 7 nitrogen and oxygen atoms in total. The summed E-state index contributed by atoms with van der Waals surface area (Å²) in [5.74, 6) is 1.50. The van der Waals surface area contributed by atoms with Crippen LogP contribution in [-0.2, 0) is 12.6 Å². The molecule has 2 N–H and O–H groups in total. The van der Waals surface area contributed by atoms with Gasteiger partial charge in [-0.05, 0) is 55.9 Å². The number of hydrazone groups is 1. The predicted octanol–water partition coefficient (Wildman–Crippen LogP) is 6.85. The molecule has 206 valence electrons. The highest BCUT2D eigenvalue weighted by molar-refractivity contribution is 5.82. The van der Waals surface area contributed by atoms with Crippen molar-refractivity contribution in [2.24, 2.45) is 11.0 Å². The van der Waals surface area contributed by atoms with Crippen molar-refractivity contribution < 1.29 is 13.2 Å². The maximum atomic E-state index is 13.4. The summed E-state index contributed by atoms with van der Waals surface area (Å²) in [5.41, 5.74) is 5.13. The first kappa shape index (κ1) is 27.1. The van der Waals surface area contributed by atoms with Crippen LogP contribution >= 0.6 is 0 Å². The van der Waals surface area contributed by atoms with Crippen LogP contribution in [0.5, 0.6) is 0 Å². The van der Waals surface area contributed by atoms with Gasteiger partial charge in [0.25, 0.3) is 0 Å². The van der Waals surface area contributed by atoms with Crippen molar-refractivity contribution in [2.75, 3.05) is 28.7 Å². The number of hydrogen-bond acceptors (Lipinski definition) is 7. The minimum Gasteiger partial charge on any atom is -0.341 e. The van der Waals surface area contributed by atoms with Crippen LogP contribution in [-0.4, -0.2) is 34.3 Å². The number of nitrogens with one attached hydrogen (secondary N) is 2. The number of nitrogens with zero attached hydrogens (tertiary/aromatic N) is 5. The molecule has 0 amide bonds. The Kier molecular flexibility index (Phi) is 8.23. The van der Waals surface area contributed by atoms with Crippen LogP contribution in [0.1, 0.15) is 35.1 Å². The minimum absolute atomic E-state index is 0.0599. The van der Waals surface area contributed by atoms with Gasteiger partial charge in [-0.2, -0.15) is 33.2 Å². The number of piperidine rings is 1. The molecule has 0 spiro atoms. The number of aryl methyl sites for hydroxylation is 1. The van der Waals surface area contributed by atoms with Crippen LogP contribution in [0, 0.1) is 12.8 Å². The van der Waals surface area contributed by atoms with Crippen molar-refractivity contribution in [1.29, 1.82) is 0 Å². The molecule has 0 saturated carbocycles. The Morgan fingerprint density at radius 3 is 2.27 bits per heavy atom. The largest absolute Gasteiger partial charge is 0.417 e. The number of halogens is 3. The molecule has 2 heterocycles. The van der Waals surface area contributed by atoms with Gasteiger partial charge in [0.15, 0.2) is 0 Å². The molecule has 1 saturated heterocycles. The molecule has 1 aromatic heterocycles. The summed E-state index contributed by atoms with van der Waals surface area (Å²) in [5, 5.41) is 7.22. The molecule has 1 aliphatic rings. The third-order valence-electron chi connectivity index (χ3n) is 6.83. The predicted molar refractivity (Wildman–Crippen MR) is 152 cm³/mol. The van der Waals surface area contributed by atoms with Gasteiger partial charge in [-0.15, -0.1) is 0 Å². The monoisotopic (exact) mass is 545 g/mol. The lowest BCUT2D eigenvalue weighted by atomic mass is 9.90. The van der Waals surface area contributed by atoms with E-state index in [1.165, 1.54) is 23.8 Å². The molecule has 0 radical (unpaired) electrons. The summed E-state index contributed by atoms with van der Waals surface area (Å²) in [6, 6.07) is 23.5. The summed E-state index contributed by atoms with van der Waals surface area (Å²) in [7, 11) is 0. The molecule has 0 aliphatic carbocycles.